The Hall–Kier alpha value is -6.78. The molecule has 0 spiro atoms. The van der Waals surface area contributed by atoms with Crippen molar-refractivity contribution < 1.29 is 81.5 Å². The normalized spacial score (nSPS) is 32.9. The van der Waals surface area contributed by atoms with Gasteiger partial charge < -0.3 is 72.1 Å². The monoisotopic (exact) mass is 1270 g/mol. The largest absolute Gasteiger partial charge is 0.509 e. The molecule has 18 atom stereocenters. The van der Waals surface area contributed by atoms with Gasteiger partial charge in [0.15, 0.2) is 18.7 Å². The lowest BCUT2D eigenvalue weighted by Crippen LogP contribution is -2.62. The van der Waals surface area contributed by atoms with Gasteiger partial charge in [0.1, 0.15) is 31.0 Å². The average Bonchev–Trinajstić information content (AvgIpc) is 0.769. The second-order valence-electron chi connectivity index (χ2n) is 25.6. The van der Waals surface area contributed by atoms with Crippen LogP contribution in [0.5, 0.6) is 0 Å². The van der Waals surface area contributed by atoms with Crippen LogP contribution in [-0.4, -0.2) is 152 Å². The van der Waals surface area contributed by atoms with E-state index in [9.17, 15) is 19.8 Å². The van der Waals surface area contributed by atoms with Crippen molar-refractivity contribution in [1.82, 2.24) is 4.90 Å². The number of likely N-dealkylation sites (N-methyl/N-ethyl adjacent to an activating group) is 1. The summed E-state index contributed by atoms with van der Waals surface area (Å²) < 4.78 is 71.5. The number of hydrogen-bond acceptors (Lipinski definition) is 18. The van der Waals surface area contributed by atoms with Crippen LogP contribution in [0, 0.1) is 23.7 Å². The third-order valence-corrected chi connectivity index (χ3v) is 19.1. The van der Waals surface area contributed by atoms with Crippen LogP contribution in [0.2, 0.25) is 0 Å². The van der Waals surface area contributed by atoms with Gasteiger partial charge in [-0.2, -0.15) is 0 Å². The molecule has 5 aromatic rings. The van der Waals surface area contributed by atoms with Crippen molar-refractivity contribution in [3.05, 3.63) is 179 Å². The number of aliphatic hydroxyl groups excluding tert-OH is 1. The Morgan fingerprint density at radius 1 is 0.663 bits per heavy atom. The standard InChI is InChI=1S/C73H96N2O17/c1-15-58-72(10,80)63(76)48(4)60(74-92-73(54-35-25-18-26-36-54,55-37-27-19-28-38-55)56-39-29-20-30-40-56)46(2)42-70(8,82-13)64(49(5)61(50(6)66(77)88-58)89-59-43-71(9,83-14)65(81-12)51(7)87-59)91-67-62(90-69(79)85-45-53-33-23-17-24-34-53)57(41-47(3)86-67)75(11)68(78)84-44-52-31-21-16-22-32-52/h16-40,46-51,57-59,61-65,67,76,80H,15,41-45H2,1-14H3/b74-60+/t46-,47-,48+,49+,50-,51+,57+,58-,59+,61+,62-,63-,64-,65+,67+,70-,71-,72-/m1/s1. The van der Waals surface area contributed by atoms with Gasteiger partial charge >= 0.3 is 18.2 Å². The Balaban J connectivity index is 1.30. The van der Waals surface area contributed by atoms with Crippen molar-refractivity contribution >= 4 is 23.9 Å². The average molecular weight is 1270 g/mol. The zero-order valence-corrected chi connectivity index (χ0v) is 55.7. The van der Waals surface area contributed by atoms with Crippen molar-refractivity contribution in [2.45, 2.75) is 198 Å². The van der Waals surface area contributed by atoms with E-state index in [-0.39, 0.29) is 38.9 Å². The number of cyclic esters (lactones) is 1. The predicted molar refractivity (Wildman–Crippen MR) is 345 cm³/mol. The number of carbonyl (C=O) groups is 3. The molecule has 3 aliphatic heterocycles. The molecule has 2 N–H and O–H groups in total. The van der Waals surface area contributed by atoms with Gasteiger partial charge in [-0.15, -0.1) is 0 Å². The molecule has 3 fully saturated rings. The van der Waals surface area contributed by atoms with Crippen LogP contribution in [0.15, 0.2) is 157 Å². The minimum atomic E-state index is -2.08. The van der Waals surface area contributed by atoms with E-state index < -0.39 is 132 Å². The number of esters is 1. The van der Waals surface area contributed by atoms with Gasteiger partial charge in [-0.25, -0.2) is 9.59 Å². The lowest BCUT2D eigenvalue weighted by Gasteiger charge is -2.50. The highest BCUT2D eigenvalue weighted by atomic mass is 16.8. The molecule has 0 unspecified atom stereocenters. The van der Waals surface area contributed by atoms with Crippen LogP contribution < -0.4 is 0 Å². The summed E-state index contributed by atoms with van der Waals surface area (Å²) >= 11 is 0. The molecule has 3 saturated heterocycles. The molecule has 19 heteroatoms. The van der Waals surface area contributed by atoms with Gasteiger partial charge in [0.25, 0.3) is 0 Å². The summed E-state index contributed by atoms with van der Waals surface area (Å²) in [5.41, 5.74) is -1.82. The molecular weight excluding hydrogens is 1180 g/mol. The van der Waals surface area contributed by atoms with E-state index in [4.69, 9.17) is 62.1 Å². The number of ether oxygens (including phenoxy) is 11. The molecule has 1 amide bonds. The summed E-state index contributed by atoms with van der Waals surface area (Å²) in [5, 5.41) is 30.9. The molecule has 3 aliphatic rings. The predicted octanol–water partition coefficient (Wildman–Crippen LogP) is 12.0. The number of amides is 1. The fourth-order valence-corrected chi connectivity index (χ4v) is 13.8. The highest BCUT2D eigenvalue weighted by molar-refractivity contribution is 5.89. The fourth-order valence-electron chi connectivity index (χ4n) is 13.8. The first-order chi connectivity index (χ1) is 43.9. The number of rotatable bonds is 19. The van der Waals surface area contributed by atoms with Crippen molar-refractivity contribution in [1.29, 1.82) is 0 Å². The Kier molecular flexibility index (Phi) is 24.3. The van der Waals surface area contributed by atoms with E-state index in [1.165, 1.54) is 11.8 Å². The van der Waals surface area contributed by atoms with Crippen molar-refractivity contribution in [2.24, 2.45) is 28.8 Å². The number of hydrogen-bond donors (Lipinski definition) is 2. The zero-order valence-electron chi connectivity index (χ0n) is 55.7. The van der Waals surface area contributed by atoms with Gasteiger partial charge in [-0.05, 0) is 71.9 Å². The smallest absolute Gasteiger partial charge is 0.459 e. The van der Waals surface area contributed by atoms with E-state index in [1.54, 1.807) is 49.1 Å². The van der Waals surface area contributed by atoms with Crippen LogP contribution in [0.4, 0.5) is 9.59 Å². The van der Waals surface area contributed by atoms with E-state index in [0.717, 1.165) is 22.3 Å². The lowest BCUT2D eigenvalue weighted by molar-refractivity contribution is -0.320. The number of carbonyl (C=O) groups excluding carboxylic acids is 3. The molecule has 3 heterocycles. The molecule has 0 saturated carbocycles. The topological polar surface area (TPSA) is 218 Å². The van der Waals surface area contributed by atoms with E-state index >= 15 is 4.79 Å². The minimum Gasteiger partial charge on any atom is -0.459 e. The van der Waals surface area contributed by atoms with E-state index in [1.807, 2.05) is 193 Å². The summed E-state index contributed by atoms with van der Waals surface area (Å²) in [6.07, 6.45) is -12.2. The summed E-state index contributed by atoms with van der Waals surface area (Å²) in [5.74, 6) is -4.55. The molecule has 8 rings (SSSR count). The number of oxime groups is 1. The SMILES string of the molecule is CC[C@H]1OC(=O)[C@H](C)[C@@H](O[C@H]2C[C@@](C)(OC)[C@@H](OC)[C@H](C)O2)[C@H](C)[C@@H](O[C@@H]2O[C@H](C)C[C@H](N(C)C(=O)OCc3ccccc3)[C@H]2OC(=O)OCc2ccccc2)[C@](C)(OC)C[C@@H](C)/C(=N\OC(c2ccccc2)(c2ccccc2)c2ccccc2)[C@H](C)[C@@H](O)[C@]1(C)O. The van der Waals surface area contributed by atoms with Crippen molar-refractivity contribution in [2.75, 3.05) is 28.4 Å². The Labute approximate surface area is 542 Å². The number of aliphatic hydroxyl groups is 2. The van der Waals surface area contributed by atoms with Crippen LogP contribution in [0.1, 0.15) is 123 Å². The summed E-state index contributed by atoms with van der Waals surface area (Å²) in [7, 11) is 6.29. The minimum absolute atomic E-state index is 0.0350. The Morgan fingerprint density at radius 3 is 1.66 bits per heavy atom. The first kappa shape index (κ1) is 71.1. The van der Waals surface area contributed by atoms with Crippen LogP contribution in [0.3, 0.4) is 0 Å². The van der Waals surface area contributed by atoms with Crippen LogP contribution in [0.25, 0.3) is 0 Å². The van der Waals surface area contributed by atoms with Crippen LogP contribution in [-0.2, 0) is 80.6 Å². The third kappa shape index (κ3) is 16.1. The maximum atomic E-state index is 15.3. The molecule has 0 aromatic heterocycles. The quantitative estimate of drug-likeness (QED) is 0.0340. The molecule has 0 aliphatic carbocycles. The maximum Gasteiger partial charge on any atom is 0.509 e. The second kappa shape index (κ2) is 31.4. The molecular formula is C73H96N2O17. The first-order valence-corrected chi connectivity index (χ1v) is 32.0. The van der Waals surface area contributed by atoms with Gasteiger partial charge in [0.2, 0.25) is 5.60 Å². The Morgan fingerprint density at radius 2 is 1.16 bits per heavy atom. The molecule has 19 nitrogen and oxygen atoms in total. The molecule has 500 valence electrons. The van der Waals surface area contributed by atoms with Crippen molar-refractivity contribution in [3.63, 3.8) is 0 Å². The molecule has 0 radical (unpaired) electrons. The van der Waals surface area contributed by atoms with Gasteiger partial charge in [-0.1, -0.05) is 185 Å². The van der Waals surface area contributed by atoms with Gasteiger partial charge in [0, 0.05) is 69.2 Å². The number of benzene rings is 5. The molecule has 5 aromatic carbocycles. The Bertz CT molecular complexity index is 3050. The molecule has 0 bridgehead atoms. The number of nitrogens with zero attached hydrogens (tertiary/aromatic N) is 2. The first-order valence-electron chi connectivity index (χ1n) is 32.0. The van der Waals surface area contributed by atoms with E-state index in [2.05, 4.69) is 0 Å². The lowest BCUT2D eigenvalue weighted by atomic mass is 9.73. The zero-order chi connectivity index (χ0) is 66.5. The number of methoxy groups -OCH3 is 3. The third-order valence-electron chi connectivity index (χ3n) is 19.1. The van der Waals surface area contributed by atoms with E-state index in [0.29, 0.717) is 11.3 Å². The summed E-state index contributed by atoms with van der Waals surface area (Å²) in [4.78, 5) is 52.5. The van der Waals surface area contributed by atoms with Gasteiger partial charge in [0.05, 0.1) is 59.4 Å². The fraction of sp³-hybridized carbons (Fsp3) is 0.534. The van der Waals surface area contributed by atoms with Gasteiger partial charge in [-0.3, -0.25) is 4.79 Å². The second-order valence-corrected chi connectivity index (χ2v) is 25.6. The summed E-state index contributed by atoms with van der Waals surface area (Å²) in [6.45, 7) is 17.7. The summed E-state index contributed by atoms with van der Waals surface area (Å²) in [6, 6.07) is 46.6. The highest BCUT2D eigenvalue weighted by Crippen LogP contribution is 2.45. The maximum absolute atomic E-state index is 15.3. The molecule has 92 heavy (non-hydrogen) atoms. The highest BCUT2D eigenvalue weighted by Gasteiger charge is 2.56. The van der Waals surface area contributed by atoms with Crippen molar-refractivity contribution in [3.8, 4) is 0 Å². The van der Waals surface area contributed by atoms with Crippen LogP contribution >= 0.6 is 0 Å².